The molecule has 0 aromatic heterocycles. The van der Waals surface area contributed by atoms with Gasteiger partial charge in [-0.25, -0.2) is 8.42 Å². The van der Waals surface area contributed by atoms with Gasteiger partial charge in [0.15, 0.2) is 0 Å². The molecule has 0 aliphatic carbocycles. The maximum Gasteiger partial charge on any atom is 0.262 e. The van der Waals surface area contributed by atoms with Crippen LogP contribution in [0.15, 0.2) is 35.2 Å². The van der Waals surface area contributed by atoms with Gasteiger partial charge in [-0.05, 0) is 74.1 Å². The van der Waals surface area contributed by atoms with E-state index in [-0.39, 0.29) is 16.7 Å². The standard InChI is InChI=1S/C20H22N2O3S/c1-12-6-7-13(2)18(9-12)26(24,25)21-16-10-15-5-4-8-22-19(15)17(11-16)14(3)20(22)23/h6-7,9-11,14,21H,4-5,8H2,1-3H3. The molecular weight excluding hydrogens is 348 g/mol. The van der Waals surface area contributed by atoms with Crippen molar-refractivity contribution < 1.29 is 13.2 Å². The third-order valence-corrected chi connectivity index (χ3v) is 6.83. The van der Waals surface area contributed by atoms with Gasteiger partial charge in [0.1, 0.15) is 0 Å². The first kappa shape index (κ1) is 17.1. The Morgan fingerprint density at radius 1 is 1.15 bits per heavy atom. The number of rotatable bonds is 3. The summed E-state index contributed by atoms with van der Waals surface area (Å²) in [5, 5.41) is 0. The lowest BCUT2D eigenvalue weighted by atomic mass is 9.96. The number of carbonyl (C=O) groups excluding carboxylic acids is 1. The van der Waals surface area contributed by atoms with Gasteiger partial charge in [0.2, 0.25) is 5.91 Å². The van der Waals surface area contributed by atoms with Crippen molar-refractivity contribution in [2.24, 2.45) is 0 Å². The van der Waals surface area contributed by atoms with E-state index < -0.39 is 10.0 Å². The number of sulfonamides is 1. The van der Waals surface area contributed by atoms with E-state index in [0.29, 0.717) is 11.3 Å². The molecule has 1 unspecified atom stereocenters. The molecule has 0 fully saturated rings. The van der Waals surface area contributed by atoms with Crippen molar-refractivity contribution in [1.82, 2.24) is 0 Å². The minimum absolute atomic E-state index is 0.107. The molecule has 1 amide bonds. The number of hydrogen-bond acceptors (Lipinski definition) is 3. The Morgan fingerprint density at radius 2 is 1.92 bits per heavy atom. The molecular formula is C20H22N2O3S. The zero-order valence-electron chi connectivity index (χ0n) is 15.2. The smallest absolute Gasteiger partial charge is 0.262 e. The molecule has 136 valence electrons. The Hall–Kier alpha value is -2.34. The van der Waals surface area contributed by atoms with E-state index in [1.165, 1.54) is 0 Å². The second-order valence-corrected chi connectivity index (χ2v) is 8.91. The van der Waals surface area contributed by atoms with Crippen LogP contribution in [0.5, 0.6) is 0 Å². The van der Waals surface area contributed by atoms with E-state index in [1.54, 1.807) is 13.0 Å². The first-order valence-electron chi connectivity index (χ1n) is 8.86. The van der Waals surface area contributed by atoms with Crippen molar-refractivity contribution >= 4 is 27.3 Å². The summed E-state index contributed by atoms with van der Waals surface area (Å²) in [5.41, 5.74) is 5.10. The number of anilines is 2. The van der Waals surface area contributed by atoms with Crippen molar-refractivity contribution in [1.29, 1.82) is 0 Å². The Labute approximate surface area is 154 Å². The minimum atomic E-state index is -3.68. The van der Waals surface area contributed by atoms with Crippen LogP contribution in [0.4, 0.5) is 11.4 Å². The zero-order chi connectivity index (χ0) is 18.6. The molecule has 2 aromatic rings. The molecule has 0 radical (unpaired) electrons. The van der Waals surface area contributed by atoms with Gasteiger partial charge in [0.05, 0.1) is 16.5 Å². The molecule has 4 rings (SSSR count). The van der Waals surface area contributed by atoms with E-state index in [4.69, 9.17) is 0 Å². The molecule has 2 aromatic carbocycles. The fraction of sp³-hybridized carbons (Fsp3) is 0.350. The summed E-state index contributed by atoms with van der Waals surface area (Å²) < 4.78 is 28.5. The van der Waals surface area contributed by atoms with Crippen molar-refractivity contribution in [3.63, 3.8) is 0 Å². The molecule has 2 aliphatic rings. The summed E-state index contributed by atoms with van der Waals surface area (Å²) in [5.74, 6) is -0.123. The second-order valence-electron chi connectivity index (χ2n) is 7.26. The fourth-order valence-electron chi connectivity index (χ4n) is 3.96. The number of carbonyl (C=O) groups is 1. The number of aryl methyl sites for hydroxylation is 3. The van der Waals surface area contributed by atoms with Gasteiger partial charge in [-0.2, -0.15) is 0 Å². The van der Waals surface area contributed by atoms with Gasteiger partial charge in [0, 0.05) is 12.2 Å². The highest BCUT2D eigenvalue weighted by molar-refractivity contribution is 7.92. The Kier molecular flexibility index (Phi) is 3.84. The summed E-state index contributed by atoms with van der Waals surface area (Å²) in [6.45, 7) is 6.30. The van der Waals surface area contributed by atoms with Crippen LogP contribution in [0.2, 0.25) is 0 Å². The topological polar surface area (TPSA) is 66.5 Å². The summed E-state index contributed by atoms with van der Waals surface area (Å²) >= 11 is 0. The number of hydrogen-bond donors (Lipinski definition) is 1. The highest BCUT2D eigenvalue weighted by Crippen LogP contribution is 2.44. The Bertz CT molecular complexity index is 1030. The predicted molar refractivity (Wildman–Crippen MR) is 102 cm³/mol. The Balaban J connectivity index is 1.77. The molecule has 26 heavy (non-hydrogen) atoms. The summed E-state index contributed by atoms with van der Waals surface area (Å²) in [4.78, 5) is 14.6. The lowest BCUT2D eigenvalue weighted by Gasteiger charge is -2.26. The van der Waals surface area contributed by atoms with E-state index in [0.717, 1.165) is 41.8 Å². The maximum absolute atomic E-state index is 12.9. The average Bonchev–Trinajstić information content (AvgIpc) is 2.83. The van der Waals surface area contributed by atoms with Gasteiger partial charge in [-0.1, -0.05) is 12.1 Å². The van der Waals surface area contributed by atoms with Gasteiger partial charge < -0.3 is 4.90 Å². The fourth-order valence-corrected chi connectivity index (χ4v) is 5.33. The largest absolute Gasteiger partial charge is 0.311 e. The zero-order valence-corrected chi connectivity index (χ0v) is 16.0. The Morgan fingerprint density at radius 3 is 2.69 bits per heavy atom. The number of nitrogens with one attached hydrogen (secondary N) is 1. The summed E-state index contributed by atoms with van der Waals surface area (Å²) in [6.07, 6.45) is 1.76. The normalized spacial score (nSPS) is 18.8. The van der Waals surface area contributed by atoms with Crippen LogP contribution in [0.1, 0.15) is 41.5 Å². The van der Waals surface area contributed by atoms with Gasteiger partial charge in [-0.3, -0.25) is 9.52 Å². The second kappa shape index (κ2) is 5.84. The van der Waals surface area contributed by atoms with E-state index in [2.05, 4.69) is 4.72 Å². The van der Waals surface area contributed by atoms with Crippen molar-refractivity contribution in [3.8, 4) is 0 Å². The van der Waals surface area contributed by atoms with E-state index in [1.807, 2.05) is 43.0 Å². The molecule has 0 spiro atoms. The van der Waals surface area contributed by atoms with Crippen molar-refractivity contribution in [2.75, 3.05) is 16.2 Å². The SMILES string of the molecule is Cc1ccc(C)c(S(=O)(=O)Nc2cc3c4c(c2)C(C)C(=O)N4CCC3)c1. The highest BCUT2D eigenvalue weighted by atomic mass is 32.2. The van der Waals surface area contributed by atoms with Crippen molar-refractivity contribution in [2.45, 2.75) is 44.4 Å². The average molecular weight is 370 g/mol. The van der Waals surface area contributed by atoms with Crippen LogP contribution in [0.3, 0.4) is 0 Å². The van der Waals surface area contributed by atoms with Crippen LogP contribution in [0.25, 0.3) is 0 Å². The lowest BCUT2D eigenvalue weighted by Crippen LogP contribution is -2.32. The van der Waals surface area contributed by atoms with Crippen LogP contribution < -0.4 is 9.62 Å². The molecule has 2 aliphatic heterocycles. The first-order chi connectivity index (χ1) is 12.3. The molecule has 1 N–H and O–H groups in total. The van der Waals surface area contributed by atoms with Crippen LogP contribution in [-0.4, -0.2) is 20.9 Å². The van der Waals surface area contributed by atoms with Gasteiger partial charge >= 0.3 is 0 Å². The third-order valence-electron chi connectivity index (χ3n) is 5.30. The third kappa shape index (κ3) is 2.60. The van der Waals surface area contributed by atoms with Gasteiger partial charge in [-0.15, -0.1) is 0 Å². The number of benzene rings is 2. The molecule has 0 bridgehead atoms. The molecule has 0 saturated heterocycles. The first-order valence-corrected chi connectivity index (χ1v) is 10.3. The van der Waals surface area contributed by atoms with E-state index in [9.17, 15) is 13.2 Å². The van der Waals surface area contributed by atoms with Crippen molar-refractivity contribution in [3.05, 3.63) is 52.6 Å². The quantitative estimate of drug-likeness (QED) is 0.899. The summed E-state index contributed by atoms with van der Waals surface area (Å²) in [6, 6.07) is 9.09. The van der Waals surface area contributed by atoms with E-state index >= 15 is 0 Å². The molecule has 6 heteroatoms. The highest BCUT2D eigenvalue weighted by Gasteiger charge is 2.38. The van der Waals surface area contributed by atoms with Crippen LogP contribution in [-0.2, 0) is 21.2 Å². The molecule has 1 atom stereocenters. The predicted octanol–water partition coefficient (Wildman–Crippen LogP) is 3.50. The molecule has 5 nitrogen and oxygen atoms in total. The van der Waals surface area contributed by atoms with Crippen LogP contribution >= 0.6 is 0 Å². The lowest BCUT2D eigenvalue weighted by molar-refractivity contribution is -0.119. The monoisotopic (exact) mass is 370 g/mol. The number of amides is 1. The number of nitrogens with zero attached hydrogens (tertiary/aromatic N) is 1. The van der Waals surface area contributed by atoms with Gasteiger partial charge in [0.25, 0.3) is 10.0 Å². The maximum atomic E-state index is 12.9. The van der Waals surface area contributed by atoms with Crippen LogP contribution in [0, 0.1) is 13.8 Å². The molecule has 0 saturated carbocycles. The summed E-state index contributed by atoms with van der Waals surface area (Å²) in [7, 11) is -3.68. The minimum Gasteiger partial charge on any atom is -0.311 e. The molecule has 2 heterocycles.